The van der Waals surface area contributed by atoms with Gasteiger partial charge in [0.1, 0.15) is 5.76 Å². The second-order valence-electron chi connectivity index (χ2n) is 6.85. The molecule has 1 rings (SSSR count). The number of amides is 2. The maximum Gasteiger partial charge on any atom is 0.317 e. The monoisotopic (exact) mass is 338 g/mol. The third kappa shape index (κ3) is 5.82. The van der Waals surface area contributed by atoms with Crippen molar-refractivity contribution in [2.75, 3.05) is 26.7 Å². The highest BCUT2D eigenvalue weighted by Crippen LogP contribution is 2.14. The quantitative estimate of drug-likeness (QED) is 0.751. The molecule has 6 heteroatoms. The summed E-state index contributed by atoms with van der Waals surface area (Å²) in [6.45, 7) is 15.7. The maximum absolute atomic E-state index is 12.4. The number of hydrogen-bond donors (Lipinski definition) is 1. The van der Waals surface area contributed by atoms with Crippen LogP contribution in [0.15, 0.2) is 4.52 Å². The molecule has 0 radical (unpaired) electrons. The van der Waals surface area contributed by atoms with E-state index in [0.29, 0.717) is 25.0 Å². The highest BCUT2D eigenvalue weighted by Gasteiger charge is 2.20. The van der Waals surface area contributed by atoms with Gasteiger partial charge in [-0.2, -0.15) is 0 Å². The van der Waals surface area contributed by atoms with Gasteiger partial charge in [-0.1, -0.05) is 32.9 Å². The minimum absolute atomic E-state index is 0.0593. The fourth-order valence-electron chi connectivity index (χ4n) is 3.02. The van der Waals surface area contributed by atoms with Crippen LogP contribution in [0, 0.1) is 19.8 Å². The van der Waals surface area contributed by atoms with Crippen molar-refractivity contribution in [2.24, 2.45) is 5.92 Å². The van der Waals surface area contributed by atoms with E-state index in [0.717, 1.165) is 36.5 Å². The smallest absolute Gasteiger partial charge is 0.317 e. The molecule has 2 amide bonds. The van der Waals surface area contributed by atoms with Gasteiger partial charge in [-0.15, -0.1) is 0 Å². The van der Waals surface area contributed by atoms with Crippen molar-refractivity contribution < 1.29 is 9.32 Å². The number of aromatic nitrogens is 1. The van der Waals surface area contributed by atoms with E-state index < -0.39 is 0 Å². The summed E-state index contributed by atoms with van der Waals surface area (Å²) in [5.74, 6) is 1.38. The Balaban J connectivity index is 2.61. The number of nitrogens with zero attached hydrogens (tertiary/aromatic N) is 3. The minimum atomic E-state index is -0.0593. The van der Waals surface area contributed by atoms with Crippen molar-refractivity contribution in [1.29, 1.82) is 0 Å². The van der Waals surface area contributed by atoms with Crippen molar-refractivity contribution in [3.63, 3.8) is 0 Å². The van der Waals surface area contributed by atoms with Crippen molar-refractivity contribution >= 4 is 6.03 Å². The molecule has 0 bridgehead atoms. The fraction of sp³-hybridized carbons (Fsp3) is 0.778. The van der Waals surface area contributed by atoms with Crippen molar-refractivity contribution in [2.45, 2.75) is 60.5 Å². The maximum atomic E-state index is 12.4. The molecule has 1 heterocycles. The molecule has 0 saturated carbocycles. The number of nitrogens with one attached hydrogen (secondary N) is 1. The Labute approximate surface area is 146 Å². The molecular weight excluding hydrogens is 304 g/mol. The summed E-state index contributed by atoms with van der Waals surface area (Å²) in [4.78, 5) is 16.5. The van der Waals surface area contributed by atoms with E-state index in [-0.39, 0.29) is 6.03 Å². The average molecular weight is 338 g/mol. The Morgan fingerprint density at radius 1 is 1.25 bits per heavy atom. The zero-order valence-electron chi connectivity index (χ0n) is 16.3. The molecule has 138 valence electrons. The molecule has 0 fully saturated rings. The van der Waals surface area contributed by atoms with Crippen LogP contribution in [-0.2, 0) is 6.54 Å². The second kappa shape index (κ2) is 9.67. The number of carbonyl (C=O) groups is 1. The normalized spacial score (nSPS) is 12.7. The molecule has 1 unspecified atom stereocenters. The molecule has 0 spiro atoms. The molecule has 0 aliphatic heterocycles. The molecule has 1 aromatic rings. The van der Waals surface area contributed by atoms with Gasteiger partial charge >= 0.3 is 6.03 Å². The van der Waals surface area contributed by atoms with Crippen LogP contribution in [0.2, 0.25) is 0 Å². The third-order valence-corrected chi connectivity index (χ3v) is 4.48. The van der Waals surface area contributed by atoms with Crippen molar-refractivity contribution in [3.8, 4) is 0 Å². The zero-order valence-corrected chi connectivity index (χ0v) is 16.3. The molecule has 0 saturated heterocycles. The van der Waals surface area contributed by atoms with Crippen LogP contribution in [-0.4, -0.2) is 53.7 Å². The highest BCUT2D eigenvalue weighted by atomic mass is 16.5. The third-order valence-electron chi connectivity index (χ3n) is 4.48. The Morgan fingerprint density at radius 2 is 1.88 bits per heavy atom. The molecule has 0 aliphatic carbocycles. The number of rotatable bonds is 9. The predicted octanol–water partition coefficient (Wildman–Crippen LogP) is 3.19. The van der Waals surface area contributed by atoms with Crippen LogP contribution < -0.4 is 5.32 Å². The average Bonchev–Trinajstić information content (AvgIpc) is 2.84. The highest BCUT2D eigenvalue weighted by molar-refractivity contribution is 5.73. The number of carbonyl (C=O) groups excluding carboxylic acids is 1. The first-order valence-corrected chi connectivity index (χ1v) is 8.94. The summed E-state index contributed by atoms with van der Waals surface area (Å²) in [7, 11) is 1.80. The lowest BCUT2D eigenvalue weighted by Crippen LogP contribution is -2.47. The van der Waals surface area contributed by atoms with Gasteiger partial charge in [0.2, 0.25) is 0 Å². The minimum Gasteiger partial charge on any atom is -0.361 e. The van der Waals surface area contributed by atoms with E-state index in [1.165, 1.54) is 0 Å². The number of aryl methyl sites for hydroxylation is 2. The van der Waals surface area contributed by atoms with Crippen LogP contribution in [0.3, 0.4) is 0 Å². The molecular formula is C18H34N4O2. The summed E-state index contributed by atoms with van der Waals surface area (Å²) >= 11 is 0. The SMILES string of the molecule is CCN(CC)C(CNC(=O)N(C)Cc1c(C)noc1C)CC(C)C. The predicted molar refractivity (Wildman–Crippen MR) is 97.0 cm³/mol. The largest absolute Gasteiger partial charge is 0.361 e. The van der Waals surface area contributed by atoms with Crippen LogP contribution >= 0.6 is 0 Å². The lowest BCUT2D eigenvalue weighted by molar-refractivity contribution is 0.174. The Morgan fingerprint density at radius 3 is 2.33 bits per heavy atom. The number of likely N-dealkylation sites (N-methyl/N-ethyl adjacent to an activating group) is 1. The molecule has 1 N–H and O–H groups in total. The van der Waals surface area contributed by atoms with Crippen molar-refractivity contribution in [3.05, 3.63) is 17.0 Å². The summed E-state index contributed by atoms with van der Waals surface area (Å²) in [6.07, 6.45) is 1.08. The van der Waals surface area contributed by atoms with Crippen LogP contribution in [0.5, 0.6) is 0 Å². The molecule has 0 aliphatic rings. The van der Waals surface area contributed by atoms with Crippen LogP contribution in [0.4, 0.5) is 4.79 Å². The summed E-state index contributed by atoms with van der Waals surface area (Å²) in [5.41, 5.74) is 1.82. The lowest BCUT2D eigenvalue weighted by Gasteiger charge is -2.31. The van der Waals surface area contributed by atoms with Gasteiger partial charge in [0.05, 0.1) is 12.2 Å². The lowest BCUT2D eigenvalue weighted by atomic mass is 10.0. The van der Waals surface area contributed by atoms with E-state index in [1.54, 1.807) is 11.9 Å². The Bertz CT molecular complexity index is 490. The molecule has 1 aromatic heterocycles. The van der Waals surface area contributed by atoms with Gasteiger partial charge in [-0.25, -0.2) is 4.79 Å². The standard InChI is InChI=1S/C18H34N4O2/c1-8-22(9-2)16(10-13(3)4)11-19-18(23)21(7)12-17-14(5)20-24-15(17)6/h13,16H,8-12H2,1-7H3,(H,19,23). The number of urea groups is 1. The molecule has 24 heavy (non-hydrogen) atoms. The van der Waals surface area contributed by atoms with E-state index in [4.69, 9.17) is 4.52 Å². The first-order valence-electron chi connectivity index (χ1n) is 8.94. The van der Waals surface area contributed by atoms with E-state index in [9.17, 15) is 4.79 Å². The second-order valence-corrected chi connectivity index (χ2v) is 6.85. The summed E-state index contributed by atoms with van der Waals surface area (Å²) < 4.78 is 5.16. The van der Waals surface area contributed by atoms with E-state index in [2.05, 4.69) is 43.1 Å². The van der Waals surface area contributed by atoms with Gasteiger partial charge in [-0.3, -0.25) is 4.90 Å². The van der Waals surface area contributed by atoms with Gasteiger partial charge < -0.3 is 14.7 Å². The van der Waals surface area contributed by atoms with Crippen LogP contribution in [0.1, 0.15) is 51.1 Å². The molecule has 1 atom stereocenters. The first kappa shape index (κ1) is 20.5. The van der Waals surface area contributed by atoms with Gasteiger partial charge in [-0.05, 0) is 39.3 Å². The summed E-state index contributed by atoms with van der Waals surface area (Å²) in [6, 6.07) is 0.312. The van der Waals surface area contributed by atoms with Crippen molar-refractivity contribution in [1.82, 2.24) is 20.3 Å². The zero-order chi connectivity index (χ0) is 18.3. The topological polar surface area (TPSA) is 61.6 Å². The van der Waals surface area contributed by atoms with Crippen LogP contribution in [0.25, 0.3) is 0 Å². The molecule has 6 nitrogen and oxygen atoms in total. The fourth-order valence-corrected chi connectivity index (χ4v) is 3.02. The molecule has 0 aromatic carbocycles. The Hall–Kier alpha value is -1.56. The number of hydrogen-bond acceptors (Lipinski definition) is 4. The van der Waals surface area contributed by atoms with Gasteiger partial charge in [0.25, 0.3) is 0 Å². The first-order chi connectivity index (χ1) is 11.3. The summed E-state index contributed by atoms with van der Waals surface area (Å²) in [5, 5.41) is 7.02. The Kier molecular flexibility index (Phi) is 8.25. The van der Waals surface area contributed by atoms with Gasteiger partial charge in [0, 0.05) is 25.2 Å². The van der Waals surface area contributed by atoms with E-state index >= 15 is 0 Å². The van der Waals surface area contributed by atoms with Gasteiger partial charge in [0.15, 0.2) is 0 Å². The van der Waals surface area contributed by atoms with E-state index in [1.807, 2.05) is 13.8 Å².